The number of rotatable bonds is 10. The molecule has 0 spiro atoms. The smallest absolute Gasteiger partial charge is 0.356 e. The summed E-state index contributed by atoms with van der Waals surface area (Å²) in [5.74, 6) is -1.27. The third-order valence-electron chi connectivity index (χ3n) is 7.09. The predicted octanol–water partition coefficient (Wildman–Crippen LogP) is 4.03. The second kappa shape index (κ2) is 12.3. The van der Waals surface area contributed by atoms with Crippen molar-refractivity contribution in [3.05, 3.63) is 126 Å². The fourth-order valence-corrected chi connectivity index (χ4v) is 7.06. The van der Waals surface area contributed by atoms with Gasteiger partial charge in [-0.3, -0.25) is 18.7 Å². The number of hydrogen-bond donors (Lipinski definition) is 1. The van der Waals surface area contributed by atoms with Crippen LogP contribution in [0.25, 0.3) is 0 Å². The van der Waals surface area contributed by atoms with Crippen LogP contribution in [0.4, 0.5) is 0 Å². The number of carbonyl (C=O) groups excluding carboxylic acids is 3. The molecule has 0 saturated carbocycles. The fourth-order valence-electron chi connectivity index (χ4n) is 5.07. The highest BCUT2D eigenvalue weighted by atomic mass is 32.2. The van der Waals surface area contributed by atoms with E-state index in [0.717, 1.165) is 11.1 Å². The number of allylic oxidation sites excluding steroid dienone is 1. The molecule has 0 radical (unpaired) electrons. The molecule has 0 aliphatic carbocycles. The van der Waals surface area contributed by atoms with Crippen LogP contribution < -0.4 is 10.1 Å². The molecule has 2 aliphatic heterocycles. The van der Waals surface area contributed by atoms with Gasteiger partial charge in [0.2, 0.25) is 0 Å². The lowest BCUT2D eigenvalue weighted by Crippen LogP contribution is -2.74. The molecule has 41 heavy (non-hydrogen) atoms. The van der Waals surface area contributed by atoms with Crippen LogP contribution >= 0.6 is 0 Å². The van der Waals surface area contributed by atoms with E-state index in [4.69, 9.17) is 9.47 Å². The Labute approximate surface area is 241 Å². The third-order valence-corrected chi connectivity index (χ3v) is 9.16. The van der Waals surface area contributed by atoms with Gasteiger partial charge in [0.25, 0.3) is 11.8 Å². The Morgan fingerprint density at radius 1 is 0.976 bits per heavy atom. The van der Waals surface area contributed by atoms with Gasteiger partial charge < -0.3 is 14.8 Å². The molecule has 2 amide bonds. The van der Waals surface area contributed by atoms with Gasteiger partial charge >= 0.3 is 5.97 Å². The first kappa shape index (κ1) is 28.0. The van der Waals surface area contributed by atoms with Gasteiger partial charge in [0, 0.05) is 0 Å². The lowest BCUT2D eigenvalue weighted by molar-refractivity contribution is -0.155. The summed E-state index contributed by atoms with van der Waals surface area (Å²) < 4.78 is 25.2. The van der Waals surface area contributed by atoms with Crippen LogP contribution in [0.5, 0.6) is 5.75 Å². The number of carbonyl (C=O) groups is 3. The van der Waals surface area contributed by atoms with Crippen LogP contribution in [-0.2, 0) is 29.9 Å². The van der Waals surface area contributed by atoms with Crippen molar-refractivity contribution < 1.29 is 28.1 Å². The summed E-state index contributed by atoms with van der Waals surface area (Å²) in [5, 5.41) is 1.15. The summed E-state index contributed by atoms with van der Waals surface area (Å²) in [5.41, 5.74) is 2.06. The largest absolute Gasteiger partial charge is 0.484 e. The first-order chi connectivity index (χ1) is 19.9. The minimum absolute atomic E-state index is 0.0503. The Hall–Kier alpha value is -4.50. The number of amides is 2. The van der Waals surface area contributed by atoms with E-state index in [0.29, 0.717) is 17.7 Å². The van der Waals surface area contributed by atoms with Gasteiger partial charge in [-0.1, -0.05) is 84.9 Å². The zero-order valence-corrected chi connectivity index (χ0v) is 23.3. The normalized spacial score (nSPS) is 21.5. The number of benzene rings is 3. The van der Waals surface area contributed by atoms with E-state index >= 15 is 0 Å². The highest BCUT2D eigenvalue weighted by Gasteiger charge is 2.59. The molecule has 2 heterocycles. The molecule has 8 nitrogen and oxygen atoms in total. The van der Waals surface area contributed by atoms with Crippen molar-refractivity contribution in [2.45, 2.75) is 36.1 Å². The Kier molecular flexibility index (Phi) is 8.45. The molecule has 3 aromatic rings. The van der Waals surface area contributed by atoms with Gasteiger partial charge in [-0.25, -0.2) is 4.79 Å². The Morgan fingerprint density at radius 2 is 1.54 bits per heavy atom. The van der Waals surface area contributed by atoms with E-state index in [-0.39, 0.29) is 12.3 Å². The first-order valence-electron chi connectivity index (χ1n) is 13.2. The van der Waals surface area contributed by atoms with Crippen molar-refractivity contribution in [3.63, 3.8) is 0 Å². The SMILES string of the molecule is C=CCC1C(C)=C(C(=O)OC(c2ccccc2)c2ccccc2)N2C(=O)[C@@H](NC(=O)COc3ccccc3)[C@H]2S1=O. The van der Waals surface area contributed by atoms with Crippen LogP contribution in [0.15, 0.2) is 115 Å². The predicted molar refractivity (Wildman–Crippen MR) is 155 cm³/mol. The summed E-state index contributed by atoms with van der Waals surface area (Å²) in [7, 11) is -1.61. The number of esters is 1. The van der Waals surface area contributed by atoms with E-state index in [9.17, 15) is 18.6 Å². The molecule has 3 aromatic carbocycles. The lowest BCUT2D eigenvalue weighted by atomic mass is 9.99. The molecular formula is C32H30N2O6S. The van der Waals surface area contributed by atoms with Gasteiger partial charge in [0.15, 0.2) is 12.7 Å². The van der Waals surface area contributed by atoms with Crippen LogP contribution in [0.3, 0.4) is 0 Å². The van der Waals surface area contributed by atoms with E-state index in [1.807, 2.05) is 66.7 Å². The Bertz CT molecular complexity index is 1450. The average molecular weight is 571 g/mol. The number of hydrogen-bond acceptors (Lipinski definition) is 6. The number of fused-ring (bicyclic) bond motifs is 1. The van der Waals surface area contributed by atoms with Gasteiger partial charge in [-0.2, -0.15) is 0 Å². The highest BCUT2D eigenvalue weighted by Crippen LogP contribution is 2.40. The summed E-state index contributed by atoms with van der Waals surface area (Å²) in [6.45, 7) is 5.15. The summed E-state index contributed by atoms with van der Waals surface area (Å²) in [6.07, 6.45) is 1.23. The zero-order valence-electron chi connectivity index (χ0n) is 22.5. The summed E-state index contributed by atoms with van der Waals surface area (Å²) >= 11 is 0. The third kappa shape index (κ3) is 5.71. The Balaban J connectivity index is 1.39. The maximum absolute atomic E-state index is 13.8. The standard InChI is InChI=1S/C32H30N2O6S/c1-3-13-25-21(2)28(32(37)40-29(22-14-7-4-8-15-22)23-16-9-5-10-17-23)34-30(36)27(31(34)41(25)38)33-26(35)20-39-24-18-11-6-12-19-24/h3-12,14-19,25,27,29,31H,1,13,20H2,2H3,(H,33,35)/t25?,27-,31-,41?/m1/s1. The number of β-lactam (4-membered cyclic amide) rings is 1. The highest BCUT2D eigenvalue weighted by molar-refractivity contribution is 7.86. The molecule has 9 heteroatoms. The minimum atomic E-state index is -1.61. The monoisotopic (exact) mass is 570 g/mol. The van der Waals surface area contributed by atoms with Gasteiger partial charge in [-0.05, 0) is 42.2 Å². The number of para-hydroxylation sites is 1. The molecule has 1 N–H and O–H groups in total. The first-order valence-corrected chi connectivity index (χ1v) is 14.5. The molecule has 4 atom stereocenters. The van der Waals surface area contributed by atoms with Gasteiger partial charge in [-0.15, -0.1) is 6.58 Å². The molecule has 5 rings (SSSR count). The molecule has 2 unspecified atom stereocenters. The summed E-state index contributed by atoms with van der Waals surface area (Å²) in [6, 6.07) is 26.4. The van der Waals surface area contributed by atoms with E-state index < -0.39 is 51.4 Å². The van der Waals surface area contributed by atoms with E-state index in [1.54, 1.807) is 37.3 Å². The van der Waals surface area contributed by atoms with Crippen LogP contribution in [0.1, 0.15) is 30.6 Å². The van der Waals surface area contributed by atoms with Crippen LogP contribution in [0.2, 0.25) is 0 Å². The minimum Gasteiger partial charge on any atom is -0.484 e. The van der Waals surface area contributed by atoms with Crippen LogP contribution in [0, 0.1) is 0 Å². The molecular weight excluding hydrogens is 540 g/mol. The molecule has 210 valence electrons. The molecule has 2 aliphatic rings. The number of nitrogens with zero attached hydrogens (tertiary/aromatic N) is 1. The zero-order chi connectivity index (χ0) is 28.9. The molecule has 1 saturated heterocycles. The lowest BCUT2D eigenvalue weighted by Gasteiger charge is -2.51. The molecule has 0 bridgehead atoms. The van der Waals surface area contributed by atoms with Crippen molar-refractivity contribution in [3.8, 4) is 5.75 Å². The van der Waals surface area contributed by atoms with E-state index in [2.05, 4.69) is 11.9 Å². The molecule has 1 fully saturated rings. The second-order valence-electron chi connectivity index (χ2n) is 9.73. The van der Waals surface area contributed by atoms with Gasteiger partial charge in [0.1, 0.15) is 22.9 Å². The number of ether oxygens (including phenoxy) is 2. The fraction of sp³-hybridized carbons (Fsp3) is 0.219. The van der Waals surface area contributed by atoms with E-state index in [1.165, 1.54) is 4.90 Å². The maximum atomic E-state index is 13.8. The van der Waals surface area contributed by atoms with Gasteiger partial charge in [0.05, 0.1) is 16.0 Å². The number of nitrogens with one attached hydrogen (secondary N) is 1. The maximum Gasteiger partial charge on any atom is 0.356 e. The van der Waals surface area contributed by atoms with Crippen molar-refractivity contribution >= 4 is 28.6 Å². The molecule has 0 aromatic heterocycles. The topological polar surface area (TPSA) is 102 Å². The van der Waals surface area contributed by atoms with Crippen LogP contribution in [-0.4, -0.2) is 50.2 Å². The van der Waals surface area contributed by atoms with Crippen molar-refractivity contribution in [2.24, 2.45) is 0 Å². The summed E-state index contributed by atoms with van der Waals surface area (Å²) in [4.78, 5) is 41.1. The van der Waals surface area contributed by atoms with Crippen molar-refractivity contribution in [2.75, 3.05) is 6.61 Å². The van der Waals surface area contributed by atoms with Crippen molar-refractivity contribution in [1.29, 1.82) is 0 Å². The Morgan fingerprint density at radius 3 is 2.10 bits per heavy atom. The van der Waals surface area contributed by atoms with Crippen molar-refractivity contribution in [1.82, 2.24) is 10.2 Å². The average Bonchev–Trinajstić information content (AvgIpc) is 3.01. The quantitative estimate of drug-likeness (QED) is 0.224. The second-order valence-corrected chi connectivity index (χ2v) is 11.4.